The Labute approximate surface area is 552 Å². The van der Waals surface area contributed by atoms with Gasteiger partial charge in [0.25, 0.3) is 17.7 Å². The number of pyridine rings is 1. The molecule has 12 bridgehead atoms. The van der Waals surface area contributed by atoms with Crippen molar-refractivity contribution in [2.45, 2.75) is 108 Å². The number of allylic oxidation sites excluding steroid dienone is 1. The molecule has 0 aliphatic carbocycles. The number of hydrogen-bond acceptors (Lipinski definition) is 30. The van der Waals surface area contributed by atoms with Crippen molar-refractivity contribution in [3.05, 3.63) is 112 Å². The van der Waals surface area contributed by atoms with Crippen molar-refractivity contribution >= 4 is 115 Å². The number of nitrogens with zero attached hydrogens (tertiary/aromatic N) is 8. The van der Waals surface area contributed by atoms with Gasteiger partial charge in [-0.1, -0.05) is 12.1 Å². The largest absolute Gasteiger partial charge is 0.506 e. The highest BCUT2D eigenvalue weighted by Gasteiger charge is 2.50. The second-order valence-corrected chi connectivity index (χ2v) is 26.9. The van der Waals surface area contributed by atoms with Gasteiger partial charge in [0, 0.05) is 49.8 Å². The highest BCUT2D eigenvalue weighted by atomic mass is 32.1. The topological polar surface area (TPSA) is 399 Å². The number of rotatable bonds is 7. The van der Waals surface area contributed by atoms with E-state index in [4.69, 9.17) is 48.1 Å². The van der Waals surface area contributed by atoms with Crippen LogP contribution in [-0.4, -0.2) is 185 Å². The van der Waals surface area contributed by atoms with E-state index in [-0.39, 0.29) is 105 Å². The third-order valence-corrected chi connectivity index (χ3v) is 20.4. The van der Waals surface area contributed by atoms with Crippen LogP contribution in [0.15, 0.2) is 56.9 Å². The predicted molar refractivity (Wildman–Crippen MR) is 336 cm³/mol. The molecule has 1 fully saturated rings. The van der Waals surface area contributed by atoms with E-state index in [2.05, 4.69) is 36.2 Å². The van der Waals surface area contributed by atoms with Crippen LogP contribution in [0, 0.1) is 0 Å². The summed E-state index contributed by atoms with van der Waals surface area (Å²) in [6.07, 6.45) is -7.46. The number of esters is 3. The number of carbonyl (C=O) groups excluding carboxylic acids is 7. The lowest BCUT2D eigenvalue weighted by Crippen LogP contribution is -2.62. The van der Waals surface area contributed by atoms with E-state index in [0.29, 0.717) is 10.3 Å². The van der Waals surface area contributed by atoms with Gasteiger partial charge >= 0.3 is 17.9 Å². The molecule has 0 saturated carbocycles. The van der Waals surface area contributed by atoms with Gasteiger partial charge in [-0.25, -0.2) is 44.3 Å². The van der Waals surface area contributed by atoms with Gasteiger partial charge < -0.3 is 79.9 Å². The third kappa shape index (κ3) is 12.5. The number of carbonyl (C=O) groups is 7. The molecule has 12 rings (SSSR count). The van der Waals surface area contributed by atoms with Crippen LogP contribution in [0.4, 0.5) is 0 Å². The predicted octanol–water partition coefficient (Wildman–Crippen LogP) is 4.95. The fourth-order valence-corrected chi connectivity index (χ4v) is 15.7. The minimum atomic E-state index is -1.90. The van der Waals surface area contributed by atoms with Gasteiger partial charge in [0.05, 0.1) is 50.2 Å². The molecule has 7 aromatic heterocycles. The van der Waals surface area contributed by atoms with Gasteiger partial charge in [-0.15, -0.1) is 56.7 Å². The van der Waals surface area contributed by atoms with Gasteiger partial charge in [-0.05, 0) is 59.5 Å². The summed E-state index contributed by atoms with van der Waals surface area (Å²) in [6.45, 7) is 4.34. The van der Waals surface area contributed by atoms with Gasteiger partial charge in [0.2, 0.25) is 5.91 Å². The van der Waals surface area contributed by atoms with Gasteiger partial charge in [-0.2, -0.15) is 4.73 Å². The molecule has 4 amide bonds. The number of aliphatic hydroxyl groups excluding tert-OH is 1. The Balaban J connectivity index is 1.05. The molecule has 10 unspecified atom stereocenters. The molecule has 10 atom stereocenters. The van der Waals surface area contributed by atoms with Crippen molar-refractivity contribution in [3.63, 3.8) is 0 Å². The Morgan fingerprint density at radius 3 is 2.20 bits per heavy atom. The number of hydrogen-bond donors (Lipinski definition) is 8. The molecule has 94 heavy (non-hydrogen) atoms. The van der Waals surface area contributed by atoms with Crippen molar-refractivity contribution in [1.29, 1.82) is 0 Å². The van der Waals surface area contributed by atoms with Crippen molar-refractivity contribution in [2.24, 2.45) is 0 Å². The number of aromatic nitrogens is 7. The molecule has 4 aliphatic rings. The Morgan fingerprint density at radius 1 is 0.809 bits per heavy atom. The molecule has 11 heterocycles. The molecule has 0 spiro atoms. The lowest BCUT2D eigenvalue weighted by Gasteiger charge is -2.48. The summed E-state index contributed by atoms with van der Waals surface area (Å²) in [6, 6.07) is 0.804. The zero-order valence-corrected chi connectivity index (χ0v) is 54.9. The van der Waals surface area contributed by atoms with Crippen LogP contribution in [0.2, 0.25) is 0 Å². The number of fused-ring (bicyclic) bond motifs is 15. The lowest BCUT2D eigenvalue weighted by molar-refractivity contribution is -0.280. The minimum absolute atomic E-state index is 0.00442. The third-order valence-electron chi connectivity index (χ3n) is 15.9. The van der Waals surface area contributed by atoms with E-state index < -0.39 is 133 Å². The van der Waals surface area contributed by atoms with Crippen LogP contribution in [0.5, 0.6) is 5.75 Å². The van der Waals surface area contributed by atoms with Crippen LogP contribution in [0.3, 0.4) is 0 Å². The monoisotopic (exact) mass is 1380 g/mol. The maximum absolute atomic E-state index is 15.1. The summed E-state index contributed by atoms with van der Waals surface area (Å²) in [4.78, 5) is 131. The average molecular weight is 1380 g/mol. The Kier molecular flexibility index (Phi) is 18.2. The number of benzene rings is 1. The lowest BCUT2D eigenvalue weighted by atomic mass is 9.85. The van der Waals surface area contributed by atoms with Gasteiger partial charge in [-0.3, -0.25) is 19.2 Å². The van der Waals surface area contributed by atoms with E-state index >= 15 is 9.59 Å². The van der Waals surface area contributed by atoms with Crippen LogP contribution in [0.1, 0.15) is 125 Å². The molecule has 35 heteroatoms. The smallest absolute Gasteiger partial charge is 0.358 e. The Hall–Kier alpha value is -8.75. The maximum Gasteiger partial charge on any atom is 0.358 e. The summed E-state index contributed by atoms with van der Waals surface area (Å²) < 4.78 is 43.1. The van der Waals surface area contributed by atoms with Crippen molar-refractivity contribution < 1.29 is 87.2 Å². The first-order valence-corrected chi connectivity index (χ1v) is 33.1. The Morgan fingerprint density at radius 2 is 1.48 bits per heavy atom. The summed E-state index contributed by atoms with van der Waals surface area (Å²) >= 11 is 4.64. The zero-order chi connectivity index (χ0) is 66.8. The summed E-state index contributed by atoms with van der Waals surface area (Å²) in [5, 5.41) is 65.4. The summed E-state index contributed by atoms with van der Waals surface area (Å²) in [5.74, 6) is -6.97. The number of nitrogens with one attached hydrogen (secondary N) is 4. The van der Waals surface area contributed by atoms with E-state index in [0.717, 1.165) is 56.7 Å². The number of thiazole rings is 5. The summed E-state index contributed by atoms with van der Waals surface area (Å²) in [7, 11) is 6.04. The van der Waals surface area contributed by atoms with Crippen molar-refractivity contribution in [3.8, 4) is 38.4 Å². The molecule has 492 valence electrons. The fraction of sp³-hybridized carbons (Fsp3) is 0.373. The molecule has 0 radical (unpaired) electrons. The number of ether oxygens (including phenoxy) is 7. The van der Waals surface area contributed by atoms with E-state index in [1.54, 1.807) is 50.4 Å². The highest BCUT2D eigenvalue weighted by molar-refractivity contribution is 7.14. The van der Waals surface area contributed by atoms with Crippen LogP contribution >= 0.6 is 56.7 Å². The zero-order valence-electron chi connectivity index (χ0n) is 50.8. The number of aromatic hydroxyl groups is 1. The van der Waals surface area contributed by atoms with Gasteiger partial charge in [0.1, 0.15) is 114 Å². The van der Waals surface area contributed by atoms with Crippen LogP contribution < -0.4 is 21.3 Å². The maximum atomic E-state index is 15.1. The molecular weight excluding hydrogens is 1330 g/mol. The van der Waals surface area contributed by atoms with E-state index in [1.807, 2.05) is 0 Å². The second-order valence-electron chi connectivity index (χ2n) is 22.5. The number of aliphatic hydroxyl groups is 2. The molecule has 8 aromatic rings. The first-order chi connectivity index (χ1) is 44.9. The molecule has 1 saturated heterocycles. The molecule has 1 aromatic carbocycles. The fourth-order valence-electron chi connectivity index (χ4n) is 11.6. The average Bonchev–Trinajstić information content (AvgIpc) is 1.57. The standard InChI is InChI=1S/C59H58N12O18S5/c1-22(72)38-50(77)68-39(23(2)83-7)53-63-32(20-92-53)49(76)69-42-44-45(89-36-13-59(4,81)46(70(5)6)24(3)88-36)58(80)86-14-25-10-9-11-34-37(25)27(15-85-44)43(71(34)82)57(79)87-16-28(60-47(74)30-19-93-55(42)64-30)52-61-29(17-91-52)40-26(51-62-31(18-90-51)48(75)67-38)12-35(73)41(66-40)54-65-33(21-94-54)56(78)84-8/h9-12,17-22,24,28,36,38,42,44-46,72-73,81-82H,13-16H2,1-8H3,(H,60,74)(H,67,75)(H,68,77)(H,69,76)/b39-23+. The van der Waals surface area contributed by atoms with E-state index in [9.17, 15) is 44.5 Å². The van der Waals surface area contributed by atoms with Crippen molar-refractivity contribution in [2.75, 3.05) is 34.9 Å². The Bertz CT molecular complexity index is 4380. The van der Waals surface area contributed by atoms with Gasteiger partial charge in [0.15, 0.2) is 23.8 Å². The van der Waals surface area contributed by atoms with E-state index in [1.165, 1.54) is 61.7 Å². The minimum Gasteiger partial charge on any atom is -0.506 e. The van der Waals surface area contributed by atoms with Crippen molar-refractivity contribution in [1.82, 2.24) is 60.8 Å². The number of methoxy groups -OCH3 is 2. The SMILES string of the molecule is COC(=O)c1csc(-c2nc3c(cc2O)-c2nc(cs2)C(=O)NC(C(C)O)C(=O)N/C(=C(\C)OC)c2nc(cs2)C(=O)NC2c4nc(cs4)C(=O)NC(COC(=O)c4c5c6c(cccc6n4O)COC(=O)C(OC4CC(C)(O)C(N(C)C)C(C)O4)C2OC5)c2nc-3cs2)n1. The quantitative estimate of drug-likeness (QED) is 0.0453. The molecule has 8 N–H and O–H groups in total. The van der Waals surface area contributed by atoms with Crippen LogP contribution in [0.25, 0.3) is 49.3 Å². The molecular formula is C59H58N12O18S5. The number of likely N-dealkylation sites (N-methyl/N-ethyl adjacent to an activating group) is 1. The first kappa shape index (κ1) is 65.3. The first-order valence-electron chi connectivity index (χ1n) is 28.7. The molecule has 4 aliphatic heterocycles. The highest BCUT2D eigenvalue weighted by Crippen LogP contribution is 2.43. The second kappa shape index (κ2) is 26.2. The van der Waals surface area contributed by atoms with Crippen LogP contribution in [-0.2, 0) is 56.0 Å². The normalized spacial score (nSPS) is 24.6. The molecule has 30 nitrogen and oxygen atoms in total. The summed E-state index contributed by atoms with van der Waals surface area (Å²) in [5.41, 5.74) is -2.34. The number of cyclic esters (lactones) is 2. The number of amides is 4.